The Kier molecular flexibility index (Phi) is 4.50. The van der Waals surface area contributed by atoms with Crippen LogP contribution in [0.3, 0.4) is 0 Å². The van der Waals surface area contributed by atoms with Crippen LogP contribution in [-0.4, -0.2) is 37.4 Å². The topological polar surface area (TPSA) is 17.1 Å². The third kappa shape index (κ3) is 6.38. The van der Waals surface area contributed by atoms with E-state index in [0.717, 1.165) is 17.4 Å². The summed E-state index contributed by atoms with van der Waals surface area (Å²) in [6.45, 7) is 2.76. The number of allylic oxidation sites excluding steroid dienone is 1. The summed E-state index contributed by atoms with van der Waals surface area (Å²) in [5.74, 6) is 0. The SMILES string of the molecule is C/C(=C\CC[N+](C)(C)C)C(=O)Cl. The number of hydrogen-bond donors (Lipinski definition) is 0. The second kappa shape index (κ2) is 4.63. The average Bonchev–Trinajstić information content (AvgIpc) is 1.84. The smallest absolute Gasteiger partial charge is 0.247 e. The van der Waals surface area contributed by atoms with Crippen LogP contribution in [-0.2, 0) is 4.79 Å². The second-order valence-electron chi connectivity index (χ2n) is 3.96. The fraction of sp³-hybridized carbons (Fsp3) is 0.667. The van der Waals surface area contributed by atoms with E-state index in [1.807, 2.05) is 6.08 Å². The predicted octanol–water partition coefficient (Wildman–Crippen LogP) is 1.79. The highest BCUT2D eigenvalue weighted by atomic mass is 35.5. The van der Waals surface area contributed by atoms with E-state index in [2.05, 4.69) is 21.1 Å². The van der Waals surface area contributed by atoms with Crippen molar-refractivity contribution in [3.8, 4) is 0 Å². The standard InChI is InChI=1S/C9H17ClNO/c1-8(9(10)12)6-5-7-11(2,3)4/h6H,5,7H2,1-4H3/q+1/b8-6+. The molecule has 0 aromatic rings. The minimum Gasteiger partial charge on any atom is -0.331 e. The first-order chi connectivity index (χ1) is 5.33. The highest BCUT2D eigenvalue weighted by Gasteiger charge is 2.05. The van der Waals surface area contributed by atoms with Crippen molar-refractivity contribution < 1.29 is 9.28 Å². The molecule has 2 nitrogen and oxygen atoms in total. The number of halogens is 1. The largest absolute Gasteiger partial charge is 0.331 e. The Morgan fingerprint density at radius 2 is 1.92 bits per heavy atom. The Labute approximate surface area is 79.4 Å². The molecule has 0 atom stereocenters. The van der Waals surface area contributed by atoms with Crippen LogP contribution >= 0.6 is 11.6 Å². The zero-order valence-electron chi connectivity index (χ0n) is 8.22. The minimum atomic E-state index is -0.351. The van der Waals surface area contributed by atoms with Gasteiger partial charge in [-0.25, -0.2) is 0 Å². The summed E-state index contributed by atoms with van der Waals surface area (Å²) in [6, 6.07) is 0. The van der Waals surface area contributed by atoms with Gasteiger partial charge in [0.2, 0.25) is 5.24 Å². The van der Waals surface area contributed by atoms with Gasteiger partial charge in [0.15, 0.2) is 0 Å². The maximum Gasteiger partial charge on any atom is 0.247 e. The predicted molar refractivity (Wildman–Crippen MR) is 52.1 cm³/mol. The molecule has 0 spiro atoms. The van der Waals surface area contributed by atoms with Crippen LogP contribution in [0.25, 0.3) is 0 Å². The van der Waals surface area contributed by atoms with Gasteiger partial charge in [-0.05, 0) is 18.5 Å². The molecule has 0 rings (SSSR count). The van der Waals surface area contributed by atoms with E-state index in [-0.39, 0.29) is 5.24 Å². The van der Waals surface area contributed by atoms with Crippen LogP contribution in [0.4, 0.5) is 0 Å². The van der Waals surface area contributed by atoms with Crippen molar-refractivity contribution >= 4 is 16.8 Å². The molecular weight excluding hydrogens is 174 g/mol. The molecule has 0 aliphatic carbocycles. The highest BCUT2D eigenvalue weighted by Crippen LogP contribution is 2.02. The summed E-state index contributed by atoms with van der Waals surface area (Å²) in [7, 11) is 6.35. The number of hydrogen-bond acceptors (Lipinski definition) is 1. The van der Waals surface area contributed by atoms with Crippen LogP contribution in [0.1, 0.15) is 13.3 Å². The van der Waals surface area contributed by atoms with Crippen molar-refractivity contribution in [2.45, 2.75) is 13.3 Å². The molecule has 3 heteroatoms. The number of carbonyl (C=O) groups is 1. The number of nitrogens with zero attached hydrogens (tertiary/aromatic N) is 1. The van der Waals surface area contributed by atoms with Crippen LogP contribution < -0.4 is 0 Å². The average molecular weight is 191 g/mol. The van der Waals surface area contributed by atoms with Gasteiger partial charge in [-0.1, -0.05) is 6.08 Å². The normalized spacial score (nSPS) is 13.2. The summed E-state index contributed by atoms with van der Waals surface area (Å²) in [6.07, 6.45) is 2.78. The van der Waals surface area contributed by atoms with Gasteiger partial charge in [0, 0.05) is 12.0 Å². The van der Waals surface area contributed by atoms with Crippen molar-refractivity contribution in [2.24, 2.45) is 0 Å². The van der Waals surface area contributed by atoms with Crippen molar-refractivity contribution in [3.05, 3.63) is 11.6 Å². The van der Waals surface area contributed by atoms with Crippen LogP contribution in [0.5, 0.6) is 0 Å². The minimum absolute atomic E-state index is 0.351. The zero-order valence-corrected chi connectivity index (χ0v) is 8.98. The van der Waals surface area contributed by atoms with Gasteiger partial charge in [0.05, 0.1) is 27.7 Å². The van der Waals surface area contributed by atoms with E-state index in [0.29, 0.717) is 5.57 Å². The van der Waals surface area contributed by atoms with Crippen molar-refractivity contribution in [1.29, 1.82) is 0 Å². The molecule has 0 bridgehead atoms. The monoisotopic (exact) mass is 190 g/mol. The Bertz CT molecular complexity index is 191. The van der Waals surface area contributed by atoms with E-state index in [1.54, 1.807) is 6.92 Å². The maximum atomic E-state index is 10.6. The highest BCUT2D eigenvalue weighted by molar-refractivity contribution is 6.67. The first-order valence-electron chi connectivity index (χ1n) is 4.00. The van der Waals surface area contributed by atoms with Gasteiger partial charge in [0.1, 0.15) is 0 Å². The van der Waals surface area contributed by atoms with Crippen molar-refractivity contribution in [2.75, 3.05) is 27.7 Å². The lowest BCUT2D eigenvalue weighted by Gasteiger charge is -2.22. The van der Waals surface area contributed by atoms with Crippen molar-refractivity contribution in [1.82, 2.24) is 0 Å². The molecule has 0 amide bonds. The maximum absolute atomic E-state index is 10.6. The van der Waals surface area contributed by atoms with E-state index >= 15 is 0 Å². The van der Waals surface area contributed by atoms with Crippen molar-refractivity contribution in [3.63, 3.8) is 0 Å². The lowest BCUT2D eigenvalue weighted by Crippen LogP contribution is -2.34. The molecule has 0 aromatic heterocycles. The second-order valence-corrected chi connectivity index (χ2v) is 4.31. The molecule has 0 saturated heterocycles. The molecule has 70 valence electrons. The molecule has 0 aliphatic heterocycles. The number of quaternary nitrogens is 1. The fourth-order valence-electron chi connectivity index (χ4n) is 0.749. The first-order valence-corrected chi connectivity index (χ1v) is 4.38. The van der Waals surface area contributed by atoms with E-state index < -0.39 is 0 Å². The Morgan fingerprint density at radius 3 is 2.25 bits per heavy atom. The van der Waals surface area contributed by atoms with Gasteiger partial charge in [0.25, 0.3) is 0 Å². The third-order valence-electron chi connectivity index (χ3n) is 1.56. The number of rotatable bonds is 4. The summed E-state index contributed by atoms with van der Waals surface area (Å²) in [5.41, 5.74) is 0.644. The van der Waals surface area contributed by atoms with Gasteiger partial charge >= 0.3 is 0 Å². The third-order valence-corrected chi connectivity index (χ3v) is 1.86. The van der Waals surface area contributed by atoms with Gasteiger partial charge in [-0.3, -0.25) is 4.79 Å². The quantitative estimate of drug-likeness (QED) is 0.375. The molecule has 0 unspecified atom stereocenters. The summed E-state index contributed by atoms with van der Waals surface area (Å²) in [4.78, 5) is 10.6. The molecule has 0 heterocycles. The number of carbonyl (C=O) groups excluding carboxylic acids is 1. The zero-order chi connectivity index (χ0) is 9.78. The summed E-state index contributed by atoms with van der Waals surface area (Å²) in [5, 5.41) is -0.351. The lowest BCUT2D eigenvalue weighted by atomic mass is 10.2. The summed E-state index contributed by atoms with van der Waals surface area (Å²) < 4.78 is 0.903. The lowest BCUT2D eigenvalue weighted by molar-refractivity contribution is -0.869. The van der Waals surface area contributed by atoms with Gasteiger partial charge in [-0.2, -0.15) is 0 Å². The summed E-state index contributed by atoms with van der Waals surface area (Å²) >= 11 is 5.27. The molecule has 0 aliphatic rings. The van der Waals surface area contributed by atoms with Gasteiger partial charge in [-0.15, -0.1) is 0 Å². The molecule has 0 aromatic carbocycles. The Morgan fingerprint density at radius 1 is 1.42 bits per heavy atom. The Hall–Kier alpha value is -0.340. The van der Waals surface area contributed by atoms with E-state index in [9.17, 15) is 4.79 Å². The van der Waals surface area contributed by atoms with E-state index in [4.69, 9.17) is 11.6 Å². The fourth-order valence-corrected chi connectivity index (χ4v) is 0.826. The Balaban J connectivity index is 3.83. The van der Waals surface area contributed by atoms with E-state index in [1.165, 1.54) is 0 Å². The molecule has 0 N–H and O–H groups in total. The first kappa shape index (κ1) is 11.7. The molecular formula is C9H17ClNO+. The van der Waals surface area contributed by atoms with Gasteiger partial charge < -0.3 is 4.48 Å². The molecule has 0 fully saturated rings. The van der Waals surface area contributed by atoms with Crippen LogP contribution in [0.2, 0.25) is 0 Å². The van der Waals surface area contributed by atoms with Crippen LogP contribution in [0.15, 0.2) is 11.6 Å². The molecule has 12 heavy (non-hydrogen) atoms. The molecule has 0 radical (unpaired) electrons. The van der Waals surface area contributed by atoms with Crippen LogP contribution in [0, 0.1) is 0 Å². The molecule has 0 saturated carbocycles.